The molecule has 1 aromatic carbocycles. The molecule has 0 saturated heterocycles. The third kappa shape index (κ3) is 0.598. The van der Waals surface area contributed by atoms with Gasteiger partial charge in [-0.3, -0.25) is 5.10 Å². The molecule has 9 heavy (non-hydrogen) atoms. The summed E-state index contributed by atoms with van der Waals surface area (Å²) in [6.07, 6.45) is 1.72. The molecule has 2 nitrogen and oxygen atoms in total. The predicted octanol–water partition coefficient (Wildman–Crippen LogP) is 1.56. The van der Waals surface area contributed by atoms with Crippen LogP contribution >= 0.6 is 0 Å². The highest BCUT2D eigenvalue weighted by atomic mass is 15.1. The lowest BCUT2D eigenvalue weighted by atomic mass is 10.3. The van der Waals surface area contributed by atoms with E-state index in [0.29, 0.717) is 6.04 Å². The summed E-state index contributed by atoms with van der Waals surface area (Å²) in [5.74, 6) is 0. The van der Waals surface area contributed by atoms with Gasteiger partial charge in [0.05, 0.1) is 13.1 Å². The van der Waals surface area contributed by atoms with Crippen LogP contribution in [0.25, 0.3) is 10.9 Å². The van der Waals surface area contributed by atoms with E-state index in [9.17, 15) is 0 Å². The molecule has 0 atom stereocenters. The van der Waals surface area contributed by atoms with Gasteiger partial charge in [-0.1, -0.05) is 18.2 Å². The van der Waals surface area contributed by atoms with Crippen LogP contribution in [0.1, 0.15) is 1.37 Å². The van der Waals surface area contributed by atoms with Gasteiger partial charge in [-0.15, -0.1) is 0 Å². The van der Waals surface area contributed by atoms with Crippen molar-refractivity contribution < 1.29 is 1.37 Å². The highest BCUT2D eigenvalue weighted by Crippen LogP contribution is 2.06. The van der Waals surface area contributed by atoms with Crippen molar-refractivity contribution in [3.63, 3.8) is 0 Å². The minimum Gasteiger partial charge on any atom is -0.278 e. The van der Waals surface area contributed by atoms with Crippen LogP contribution in [0.5, 0.6) is 0 Å². The number of benzene rings is 1. The van der Waals surface area contributed by atoms with E-state index in [1.807, 2.05) is 12.1 Å². The molecule has 0 bridgehead atoms. The van der Waals surface area contributed by atoms with Gasteiger partial charge >= 0.3 is 0 Å². The average molecular weight is 119 g/mol. The number of hydrogen-bond donors (Lipinski definition) is 1. The Bertz CT molecular complexity index is 353. The quantitative estimate of drug-likeness (QED) is 0.560. The maximum atomic E-state index is 7.41. The van der Waals surface area contributed by atoms with Gasteiger partial charge in [0.1, 0.15) is 0 Å². The molecule has 0 spiro atoms. The first-order chi connectivity index (χ1) is 4.88. The van der Waals surface area contributed by atoms with Crippen molar-refractivity contribution in [2.24, 2.45) is 0 Å². The van der Waals surface area contributed by atoms with E-state index in [2.05, 4.69) is 10.2 Å². The lowest BCUT2D eigenvalue weighted by Gasteiger charge is -1.81. The van der Waals surface area contributed by atoms with E-state index < -0.39 is 0 Å². The summed E-state index contributed by atoms with van der Waals surface area (Å²) in [6, 6.07) is 6.01. The Morgan fingerprint density at radius 3 is 3.44 bits per heavy atom. The third-order valence-corrected chi connectivity index (χ3v) is 1.27. The largest absolute Gasteiger partial charge is 0.278 e. The first kappa shape index (κ1) is 3.67. The Balaban J connectivity index is 2.95. The minimum absolute atomic E-state index is 0.495. The average Bonchev–Trinajstić information content (AvgIpc) is 2.36. The van der Waals surface area contributed by atoms with Crippen molar-refractivity contribution in [1.82, 2.24) is 10.2 Å². The Morgan fingerprint density at radius 1 is 1.56 bits per heavy atom. The van der Waals surface area contributed by atoms with E-state index in [1.54, 1.807) is 12.3 Å². The van der Waals surface area contributed by atoms with Gasteiger partial charge in [0.25, 0.3) is 0 Å². The lowest BCUT2D eigenvalue weighted by molar-refractivity contribution is 1.12. The zero-order valence-corrected chi connectivity index (χ0v) is 4.76. The fraction of sp³-hybridized carbons (Fsp3) is 0. The number of rotatable bonds is 0. The summed E-state index contributed by atoms with van der Waals surface area (Å²) in [6.45, 7) is 0. The first-order valence-corrected chi connectivity index (χ1v) is 2.76. The second-order valence-electron chi connectivity index (χ2n) is 1.87. The molecular weight excluding hydrogens is 112 g/mol. The number of nitrogens with zero attached hydrogens (tertiary/aromatic N) is 1. The Kier molecular flexibility index (Phi) is 0.646. The molecule has 0 aliphatic carbocycles. The fourth-order valence-corrected chi connectivity index (χ4v) is 0.821. The summed E-state index contributed by atoms with van der Waals surface area (Å²) >= 11 is 0. The molecule has 0 saturated carbocycles. The Labute approximate surface area is 53.9 Å². The second kappa shape index (κ2) is 1.58. The maximum absolute atomic E-state index is 7.41. The van der Waals surface area contributed by atoms with Crippen LogP contribution < -0.4 is 0 Å². The molecule has 1 aromatic heterocycles. The van der Waals surface area contributed by atoms with Crippen LogP contribution in [-0.4, -0.2) is 10.2 Å². The monoisotopic (exact) mass is 119 g/mol. The van der Waals surface area contributed by atoms with E-state index >= 15 is 0 Å². The van der Waals surface area contributed by atoms with Gasteiger partial charge in [-0.05, 0) is 6.04 Å². The number of para-hydroxylation sites is 1. The highest BCUT2D eigenvalue weighted by molar-refractivity contribution is 5.77. The van der Waals surface area contributed by atoms with E-state index in [4.69, 9.17) is 1.37 Å². The summed E-state index contributed by atoms with van der Waals surface area (Å²) in [5, 5.41) is 7.56. The predicted molar refractivity (Wildman–Crippen MR) is 36.1 cm³/mol. The number of hydrogen-bond acceptors (Lipinski definition) is 1. The van der Waals surface area contributed by atoms with Crippen LogP contribution in [0.2, 0.25) is 0 Å². The fourth-order valence-electron chi connectivity index (χ4n) is 0.821. The summed E-state index contributed by atoms with van der Waals surface area (Å²) in [5.41, 5.74) is 0.808. The molecule has 1 heterocycles. The normalized spacial score (nSPS) is 11.8. The maximum Gasteiger partial charge on any atom is 0.0650 e. The minimum atomic E-state index is 0.495. The van der Waals surface area contributed by atoms with Gasteiger partial charge in [0.15, 0.2) is 0 Å². The van der Waals surface area contributed by atoms with Crippen LogP contribution in [0.3, 0.4) is 0 Å². The molecule has 2 heteroatoms. The smallest absolute Gasteiger partial charge is 0.0650 e. The number of fused-ring (bicyclic) bond motifs is 1. The standard InChI is InChI=1S/C7H6N2/c1-2-4-7-6(3-1)5-8-9-7/h1-5H,(H,8,9)/i4D. The molecule has 2 rings (SSSR count). The van der Waals surface area contributed by atoms with Gasteiger partial charge in [0, 0.05) is 5.39 Å². The molecule has 0 amide bonds. The lowest BCUT2D eigenvalue weighted by Crippen LogP contribution is -1.63. The van der Waals surface area contributed by atoms with E-state index in [1.165, 1.54) is 0 Å². The molecule has 44 valence electrons. The molecule has 1 N–H and O–H groups in total. The zero-order valence-electron chi connectivity index (χ0n) is 5.76. The van der Waals surface area contributed by atoms with Gasteiger partial charge in [-0.2, -0.15) is 5.10 Å². The molecule has 0 aliphatic heterocycles. The van der Waals surface area contributed by atoms with Crippen molar-refractivity contribution in [1.29, 1.82) is 0 Å². The molecule has 0 unspecified atom stereocenters. The molecule has 0 aliphatic rings. The molecule has 0 fully saturated rings. The summed E-state index contributed by atoms with van der Waals surface area (Å²) < 4.78 is 7.41. The van der Waals surface area contributed by atoms with Crippen molar-refractivity contribution >= 4 is 10.9 Å². The molecule has 2 aromatic rings. The van der Waals surface area contributed by atoms with E-state index in [0.717, 1.165) is 10.9 Å². The first-order valence-electron chi connectivity index (χ1n) is 3.26. The summed E-state index contributed by atoms with van der Waals surface area (Å²) in [4.78, 5) is 0. The summed E-state index contributed by atoms with van der Waals surface area (Å²) in [7, 11) is 0. The van der Waals surface area contributed by atoms with E-state index in [-0.39, 0.29) is 0 Å². The number of nitrogens with one attached hydrogen (secondary N) is 1. The van der Waals surface area contributed by atoms with Crippen molar-refractivity contribution in [3.8, 4) is 0 Å². The van der Waals surface area contributed by atoms with Crippen molar-refractivity contribution in [2.45, 2.75) is 0 Å². The Morgan fingerprint density at radius 2 is 2.56 bits per heavy atom. The SMILES string of the molecule is [2H]c1cccc2cn[nH]c12. The van der Waals surface area contributed by atoms with Gasteiger partial charge in [-0.25, -0.2) is 0 Å². The van der Waals surface area contributed by atoms with Crippen LogP contribution in [-0.2, 0) is 0 Å². The van der Waals surface area contributed by atoms with Crippen molar-refractivity contribution in [2.75, 3.05) is 0 Å². The van der Waals surface area contributed by atoms with Crippen LogP contribution in [0.15, 0.2) is 30.4 Å². The van der Waals surface area contributed by atoms with Crippen LogP contribution in [0.4, 0.5) is 0 Å². The highest BCUT2D eigenvalue weighted by Gasteiger charge is 1.88. The molecule has 0 radical (unpaired) electrons. The van der Waals surface area contributed by atoms with Crippen LogP contribution in [0, 0.1) is 0 Å². The number of aromatic nitrogens is 2. The van der Waals surface area contributed by atoms with Crippen molar-refractivity contribution in [3.05, 3.63) is 30.4 Å². The molecular formula is C7H6N2. The topological polar surface area (TPSA) is 28.7 Å². The van der Waals surface area contributed by atoms with Gasteiger partial charge in [0.2, 0.25) is 0 Å². The third-order valence-electron chi connectivity index (χ3n) is 1.27. The van der Waals surface area contributed by atoms with Gasteiger partial charge < -0.3 is 0 Å². The number of H-pyrrole nitrogens is 1. The Hall–Kier alpha value is -1.31. The zero-order chi connectivity index (χ0) is 6.97. The number of aromatic amines is 1. The second-order valence-corrected chi connectivity index (χ2v) is 1.87.